The van der Waals surface area contributed by atoms with Crippen molar-refractivity contribution in [3.8, 4) is 0 Å². The molecule has 1 atom stereocenters. The maximum Gasteiger partial charge on any atom is 0.310 e. The summed E-state index contributed by atoms with van der Waals surface area (Å²) in [7, 11) is 1.31. The minimum Gasteiger partial charge on any atom is -0.469 e. The van der Waals surface area contributed by atoms with E-state index in [4.69, 9.17) is 4.74 Å². The molecule has 0 bridgehead atoms. The van der Waals surface area contributed by atoms with Crippen molar-refractivity contribution < 1.29 is 19.2 Å². The zero-order chi connectivity index (χ0) is 19.8. The maximum absolute atomic E-state index is 12.9. The molecule has 0 saturated carbocycles. The molecule has 0 spiro atoms. The van der Waals surface area contributed by atoms with E-state index in [1.54, 1.807) is 11.8 Å². The molecule has 0 radical (unpaired) electrons. The maximum atomic E-state index is 12.9. The number of rotatable bonds is 8. The van der Waals surface area contributed by atoms with Crippen molar-refractivity contribution in [1.82, 2.24) is 4.90 Å². The summed E-state index contributed by atoms with van der Waals surface area (Å²) in [5.74, 6) is -1.15. The second-order valence-electron chi connectivity index (χ2n) is 6.21. The van der Waals surface area contributed by atoms with Gasteiger partial charge in [0.05, 0.1) is 18.0 Å². The molecule has 2 aromatic carbocycles. The average Bonchev–Trinajstić information content (AvgIpc) is 2.70. The lowest BCUT2D eigenvalue weighted by atomic mass is 10.1. The first-order valence-corrected chi connectivity index (χ1v) is 8.58. The van der Waals surface area contributed by atoms with Crippen molar-refractivity contribution in [3.05, 3.63) is 75.8 Å². The summed E-state index contributed by atoms with van der Waals surface area (Å²) in [6, 6.07) is 15.2. The lowest BCUT2D eigenvalue weighted by Gasteiger charge is -2.25. The minimum absolute atomic E-state index is 0.0784. The van der Waals surface area contributed by atoms with Gasteiger partial charge in [0.1, 0.15) is 0 Å². The molecule has 0 heterocycles. The third-order valence-corrected chi connectivity index (χ3v) is 4.22. The van der Waals surface area contributed by atoms with Crippen LogP contribution in [0.25, 0.3) is 0 Å². The summed E-state index contributed by atoms with van der Waals surface area (Å²) >= 11 is 0. The zero-order valence-corrected chi connectivity index (χ0v) is 15.3. The number of carbonyl (C=O) groups excluding carboxylic acids is 2. The third-order valence-electron chi connectivity index (χ3n) is 4.22. The van der Waals surface area contributed by atoms with Crippen LogP contribution in [-0.2, 0) is 16.0 Å². The summed E-state index contributed by atoms with van der Waals surface area (Å²) in [4.78, 5) is 36.5. The summed E-state index contributed by atoms with van der Waals surface area (Å²) in [6.07, 6.45) is 0.632. The highest BCUT2D eigenvalue weighted by Crippen LogP contribution is 2.15. The highest BCUT2D eigenvalue weighted by molar-refractivity contribution is 5.94. The van der Waals surface area contributed by atoms with Gasteiger partial charge in [0.25, 0.3) is 11.6 Å². The fourth-order valence-corrected chi connectivity index (χ4v) is 2.70. The second-order valence-corrected chi connectivity index (χ2v) is 6.21. The number of benzene rings is 2. The molecule has 0 aliphatic rings. The van der Waals surface area contributed by atoms with Gasteiger partial charge < -0.3 is 9.64 Å². The van der Waals surface area contributed by atoms with Gasteiger partial charge in [0, 0.05) is 30.8 Å². The Hall–Kier alpha value is -3.22. The topological polar surface area (TPSA) is 89.8 Å². The van der Waals surface area contributed by atoms with E-state index in [2.05, 4.69) is 0 Å². The third kappa shape index (κ3) is 5.64. The lowest BCUT2D eigenvalue weighted by molar-refractivity contribution is -0.384. The molecule has 0 aliphatic carbocycles. The van der Waals surface area contributed by atoms with Gasteiger partial charge >= 0.3 is 5.97 Å². The monoisotopic (exact) mass is 370 g/mol. The average molecular weight is 370 g/mol. The molecule has 0 aliphatic heterocycles. The number of ether oxygens (including phenoxy) is 1. The van der Waals surface area contributed by atoms with Gasteiger partial charge in [-0.2, -0.15) is 0 Å². The predicted octanol–water partition coefficient (Wildman–Crippen LogP) is 3.09. The van der Waals surface area contributed by atoms with E-state index in [1.807, 2.05) is 30.3 Å². The number of methoxy groups -OCH3 is 1. The van der Waals surface area contributed by atoms with Crippen LogP contribution >= 0.6 is 0 Å². The summed E-state index contributed by atoms with van der Waals surface area (Å²) in [6.45, 7) is 2.32. The van der Waals surface area contributed by atoms with Crippen molar-refractivity contribution in [1.29, 1.82) is 0 Å². The Balaban J connectivity index is 2.17. The fraction of sp³-hybridized carbons (Fsp3) is 0.300. The molecule has 1 amide bonds. The first-order valence-electron chi connectivity index (χ1n) is 8.58. The van der Waals surface area contributed by atoms with E-state index in [0.29, 0.717) is 18.5 Å². The molecule has 2 aromatic rings. The van der Waals surface area contributed by atoms with Crippen LogP contribution in [0.15, 0.2) is 54.6 Å². The summed E-state index contributed by atoms with van der Waals surface area (Å²) in [5, 5.41) is 10.8. The Bertz CT molecular complexity index is 790. The van der Waals surface area contributed by atoms with Gasteiger partial charge in [-0.25, -0.2) is 0 Å². The summed E-state index contributed by atoms with van der Waals surface area (Å²) in [5.41, 5.74) is 1.33. The van der Waals surface area contributed by atoms with Crippen molar-refractivity contribution in [3.63, 3.8) is 0 Å². The largest absolute Gasteiger partial charge is 0.469 e. The first kappa shape index (κ1) is 20.1. The van der Waals surface area contributed by atoms with E-state index in [-0.39, 0.29) is 18.1 Å². The zero-order valence-electron chi connectivity index (χ0n) is 15.3. The van der Waals surface area contributed by atoms with Crippen LogP contribution in [0.1, 0.15) is 22.8 Å². The van der Waals surface area contributed by atoms with Crippen molar-refractivity contribution in [2.24, 2.45) is 5.92 Å². The van der Waals surface area contributed by atoms with Crippen LogP contribution in [0.4, 0.5) is 5.69 Å². The molecule has 1 unspecified atom stereocenters. The number of esters is 1. The van der Waals surface area contributed by atoms with Crippen molar-refractivity contribution >= 4 is 17.6 Å². The molecule has 0 N–H and O–H groups in total. The van der Waals surface area contributed by atoms with E-state index in [9.17, 15) is 19.7 Å². The quantitative estimate of drug-likeness (QED) is 0.405. The number of carbonyl (C=O) groups is 2. The van der Waals surface area contributed by atoms with Crippen LogP contribution in [0.5, 0.6) is 0 Å². The molecular formula is C20H22N2O5. The minimum atomic E-state index is -0.513. The molecule has 0 aromatic heterocycles. The van der Waals surface area contributed by atoms with Gasteiger partial charge in [-0.05, 0) is 24.1 Å². The predicted molar refractivity (Wildman–Crippen MR) is 100 cm³/mol. The SMILES string of the molecule is COC(=O)C(C)CN(CCc1ccccc1)C(=O)c1ccc([N+](=O)[O-])cc1. The number of hydrogen-bond acceptors (Lipinski definition) is 5. The first-order chi connectivity index (χ1) is 12.9. The number of amides is 1. The van der Waals surface area contributed by atoms with Gasteiger partial charge in [-0.1, -0.05) is 37.3 Å². The second kappa shape index (κ2) is 9.47. The Kier molecular flexibility index (Phi) is 7.05. The number of non-ortho nitro benzene ring substituents is 1. The van der Waals surface area contributed by atoms with Crippen LogP contribution in [0.3, 0.4) is 0 Å². The van der Waals surface area contributed by atoms with E-state index in [1.165, 1.54) is 31.4 Å². The Morgan fingerprint density at radius 2 is 1.74 bits per heavy atom. The van der Waals surface area contributed by atoms with Crippen LogP contribution < -0.4 is 0 Å². The van der Waals surface area contributed by atoms with Crippen molar-refractivity contribution in [2.75, 3.05) is 20.2 Å². The molecule has 27 heavy (non-hydrogen) atoms. The smallest absolute Gasteiger partial charge is 0.310 e. The Morgan fingerprint density at radius 3 is 2.30 bits per heavy atom. The van der Waals surface area contributed by atoms with E-state index < -0.39 is 16.8 Å². The van der Waals surface area contributed by atoms with Crippen molar-refractivity contribution in [2.45, 2.75) is 13.3 Å². The molecule has 142 valence electrons. The molecule has 7 nitrogen and oxygen atoms in total. The van der Waals surface area contributed by atoms with Crippen LogP contribution in [0.2, 0.25) is 0 Å². The summed E-state index contributed by atoms with van der Waals surface area (Å²) < 4.78 is 4.75. The van der Waals surface area contributed by atoms with Crippen LogP contribution in [0, 0.1) is 16.0 Å². The van der Waals surface area contributed by atoms with Gasteiger partial charge in [-0.15, -0.1) is 0 Å². The standard InChI is InChI=1S/C20H22N2O5/c1-15(20(24)27-2)14-21(13-12-16-6-4-3-5-7-16)19(23)17-8-10-18(11-9-17)22(25)26/h3-11,15H,12-14H2,1-2H3. The highest BCUT2D eigenvalue weighted by atomic mass is 16.6. The molecule has 7 heteroatoms. The Labute approximate surface area is 157 Å². The Morgan fingerprint density at radius 1 is 1.11 bits per heavy atom. The van der Waals surface area contributed by atoms with Crippen LogP contribution in [-0.4, -0.2) is 41.9 Å². The van der Waals surface area contributed by atoms with E-state index in [0.717, 1.165) is 5.56 Å². The lowest BCUT2D eigenvalue weighted by Crippen LogP contribution is -2.38. The molecular weight excluding hydrogens is 348 g/mol. The molecule has 0 fully saturated rings. The van der Waals surface area contributed by atoms with E-state index >= 15 is 0 Å². The number of nitro groups is 1. The number of hydrogen-bond donors (Lipinski definition) is 0. The van der Waals surface area contributed by atoms with Gasteiger partial charge in [0.15, 0.2) is 0 Å². The van der Waals surface area contributed by atoms with Gasteiger partial charge in [0.2, 0.25) is 0 Å². The highest BCUT2D eigenvalue weighted by Gasteiger charge is 2.23. The number of nitro benzene ring substituents is 1. The normalized spacial score (nSPS) is 11.5. The van der Waals surface area contributed by atoms with Gasteiger partial charge in [-0.3, -0.25) is 19.7 Å². The number of nitrogens with zero attached hydrogens (tertiary/aromatic N) is 2. The molecule has 2 rings (SSSR count). The fourth-order valence-electron chi connectivity index (χ4n) is 2.70. The molecule has 0 saturated heterocycles.